The fourth-order valence-corrected chi connectivity index (χ4v) is 2.99. The molecular formula is C15H16Cl2N2O. The lowest BCUT2D eigenvalue weighted by Crippen LogP contribution is -2.46. The minimum atomic E-state index is -1.03. The van der Waals surface area contributed by atoms with Gasteiger partial charge in [-0.3, -0.25) is 0 Å². The summed E-state index contributed by atoms with van der Waals surface area (Å²) in [5, 5.41) is 11.8. The quantitative estimate of drug-likeness (QED) is 0.861. The molecule has 3 rings (SSSR count). The highest BCUT2D eigenvalue weighted by atomic mass is 35.5. The Balaban J connectivity index is 1.89. The van der Waals surface area contributed by atoms with E-state index in [-0.39, 0.29) is 0 Å². The van der Waals surface area contributed by atoms with Crippen LogP contribution in [0.3, 0.4) is 0 Å². The van der Waals surface area contributed by atoms with Gasteiger partial charge in [0.25, 0.3) is 0 Å². The highest BCUT2D eigenvalue weighted by Gasteiger charge is 2.57. The van der Waals surface area contributed by atoms with Crippen molar-refractivity contribution < 1.29 is 5.11 Å². The molecule has 3 nitrogen and oxygen atoms in total. The molecule has 1 saturated carbocycles. The summed E-state index contributed by atoms with van der Waals surface area (Å²) in [5.74, 6) is 0. The largest absolute Gasteiger partial charge is 0.386 e. The summed E-state index contributed by atoms with van der Waals surface area (Å²) in [7, 11) is 0. The molecule has 1 N–H and O–H groups in total. The first kappa shape index (κ1) is 13.9. The highest BCUT2D eigenvalue weighted by molar-refractivity contribution is 6.31. The Morgan fingerprint density at radius 3 is 2.70 bits per heavy atom. The molecule has 0 bridgehead atoms. The maximum atomic E-state index is 11.1. The van der Waals surface area contributed by atoms with Crippen LogP contribution in [0.25, 0.3) is 0 Å². The van der Waals surface area contributed by atoms with Crippen LogP contribution in [-0.2, 0) is 13.0 Å². The van der Waals surface area contributed by atoms with Gasteiger partial charge in [-0.2, -0.15) is 0 Å². The molecular weight excluding hydrogens is 295 g/mol. The van der Waals surface area contributed by atoms with Crippen molar-refractivity contribution in [1.82, 2.24) is 9.55 Å². The maximum absolute atomic E-state index is 11.1. The van der Waals surface area contributed by atoms with Crippen LogP contribution in [0.4, 0.5) is 0 Å². The van der Waals surface area contributed by atoms with E-state index in [1.54, 1.807) is 12.5 Å². The first-order valence-electron chi connectivity index (χ1n) is 6.63. The van der Waals surface area contributed by atoms with Gasteiger partial charge in [0.1, 0.15) is 5.60 Å². The minimum absolute atomic E-state index is 0.418. The lowest BCUT2D eigenvalue weighted by molar-refractivity contribution is 0.0109. The minimum Gasteiger partial charge on any atom is -0.386 e. The fourth-order valence-electron chi connectivity index (χ4n) is 2.57. The van der Waals surface area contributed by atoms with Gasteiger partial charge in [0, 0.05) is 23.8 Å². The van der Waals surface area contributed by atoms with Crippen LogP contribution < -0.4 is 0 Å². The zero-order chi connectivity index (χ0) is 14.2. The van der Waals surface area contributed by atoms with E-state index in [0.29, 0.717) is 18.0 Å². The van der Waals surface area contributed by atoms with Gasteiger partial charge in [-0.25, -0.2) is 4.98 Å². The standard InChI is InChI=1S/C15H16Cl2N2O/c16-13-4-2-1-3-12(13)9-15(20,14(17)5-6-14)10-19-8-7-18-11-19/h1-4,7-8,11,20H,5-6,9-10H2. The number of aromatic nitrogens is 2. The maximum Gasteiger partial charge on any atom is 0.106 e. The average molecular weight is 311 g/mol. The molecule has 0 radical (unpaired) electrons. The fraction of sp³-hybridized carbons (Fsp3) is 0.400. The first-order chi connectivity index (χ1) is 9.52. The summed E-state index contributed by atoms with van der Waals surface area (Å²) >= 11 is 12.8. The van der Waals surface area contributed by atoms with E-state index in [4.69, 9.17) is 23.2 Å². The van der Waals surface area contributed by atoms with E-state index in [1.807, 2.05) is 35.0 Å². The molecule has 1 aliphatic carbocycles. The Bertz CT molecular complexity index is 596. The van der Waals surface area contributed by atoms with Crippen LogP contribution in [0.2, 0.25) is 5.02 Å². The van der Waals surface area contributed by atoms with Gasteiger partial charge < -0.3 is 9.67 Å². The number of benzene rings is 1. The average Bonchev–Trinajstić information content (AvgIpc) is 2.98. The van der Waals surface area contributed by atoms with Crippen LogP contribution in [-0.4, -0.2) is 25.1 Å². The van der Waals surface area contributed by atoms with Gasteiger partial charge in [-0.15, -0.1) is 11.6 Å². The molecule has 1 aliphatic rings. The summed E-state index contributed by atoms with van der Waals surface area (Å²) in [6.45, 7) is 0.418. The van der Waals surface area contributed by atoms with Gasteiger partial charge in [0.2, 0.25) is 0 Å². The summed E-state index contributed by atoms with van der Waals surface area (Å²) in [6, 6.07) is 7.58. The third kappa shape index (κ3) is 2.58. The predicted molar refractivity (Wildman–Crippen MR) is 80.2 cm³/mol. The predicted octanol–water partition coefficient (Wildman–Crippen LogP) is 3.28. The van der Waals surface area contributed by atoms with Crippen molar-refractivity contribution in [2.45, 2.75) is 36.3 Å². The molecule has 1 heterocycles. The van der Waals surface area contributed by atoms with Crippen LogP contribution >= 0.6 is 23.2 Å². The highest BCUT2D eigenvalue weighted by Crippen LogP contribution is 2.53. The van der Waals surface area contributed by atoms with Crippen LogP contribution in [0.5, 0.6) is 0 Å². The molecule has 1 unspecified atom stereocenters. The van der Waals surface area contributed by atoms with Gasteiger partial charge in [-0.1, -0.05) is 29.8 Å². The Morgan fingerprint density at radius 1 is 1.35 bits per heavy atom. The second kappa shape index (κ2) is 5.06. The van der Waals surface area contributed by atoms with E-state index in [0.717, 1.165) is 18.4 Å². The van der Waals surface area contributed by atoms with E-state index < -0.39 is 10.5 Å². The number of imidazole rings is 1. The topological polar surface area (TPSA) is 38.0 Å². The van der Waals surface area contributed by atoms with E-state index in [1.165, 1.54) is 0 Å². The number of hydrogen-bond donors (Lipinski definition) is 1. The van der Waals surface area contributed by atoms with Gasteiger partial charge in [-0.05, 0) is 24.5 Å². The molecule has 0 spiro atoms. The SMILES string of the molecule is OC(Cc1ccccc1Cl)(Cn1ccnc1)C1(Cl)CC1. The van der Waals surface area contributed by atoms with Gasteiger partial charge >= 0.3 is 0 Å². The van der Waals surface area contributed by atoms with Crippen molar-refractivity contribution in [3.05, 3.63) is 53.6 Å². The van der Waals surface area contributed by atoms with Crippen molar-refractivity contribution in [2.24, 2.45) is 0 Å². The molecule has 20 heavy (non-hydrogen) atoms. The van der Waals surface area contributed by atoms with Crippen molar-refractivity contribution in [1.29, 1.82) is 0 Å². The normalized spacial score (nSPS) is 19.6. The van der Waals surface area contributed by atoms with Crippen molar-refractivity contribution >= 4 is 23.2 Å². The third-order valence-electron chi connectivity index (χ3n) is 3.97. The third-order valence-corrected chi connectivity index (χ3v) is 5.07. The smallest absolute Gasteiger partial charge is 0.106 e. The van der Waals surface area contributed by atoms with E-state index in [2.05, 4.69) is 4.98 Å². The Kier molecular flexibility index (Phi) is 3.53. The summed E-state index contributed by atoms with van der Waals surface area (Å²) in [4.78, 5) is 3.46. The number of hydrogen-bond acceptors (Lipinski definition) is 2. The molecule has 0 aliphatic heterocycles. The zero-order valence-corrected chi connectivity index (χ0v) is 12.5. The van der Waals surface area contributed by atoms with Gasteiger partial charge in [0.15, 0.2) is 0 Å². The van der Waals surface area contributed by atoms with Crippen molar-refractivity contribution in [2.75, 3.05) is 0 Å². The molecule has 1 fully saturated rings. The Labute approximate surface area is 128 Å². The molecule has 1 atom stereocenters. The molecule has 1 aromatic heterocycles. The molecule has 0 amide bonds. The summed E-state index contributed by atoms with van der Waals surface area (Å²) in [5.41, 5.74) is -0.107. The lowest BCUT2D eigenvalue weighted by Gasteiger charge is -2.33. The first-order valence-corrected chi connectivity index (χ1v) is 7.38. The number of nitrogens with zero attached hydrogens (tertiary/aromatic N) is 2. The Hall–Kier alpha value is -1.03. The van der Waals surface area contributed by atoms with E-state index >= 15 is 0 Å². The molecule has 0 saturated heterocycles. The van der Waals surface area contributed by atoms with Crippen LogP contribution in [0.1, 0.15) is 18.4 Å². The van der Waals surface area contributed by atoms with E-state index in [9.17, 15) is 5.11 Å². The monoisotopic (exact) mass is 310 g/mol. The van der Waals surface area contributed by atoms with Crippen LogP contribution in [0, 0.1) is 0 Å². The van der Waals surface area contributed by atoms with Crippen LogP contribution in [0.15, 0.2) is 43.0 Å². The number of aliphatic hydroxyl groups is 1. The summed E-state index contributed by atoms with van der Waals surface area (Å²) in [6.07, 6.45) is 7.31. The van der Waals surface area contributed by atoms with Crippen molar-refractivity contribution in [3.63, 3.8) is 0 Å². The molecule has 1 aromatic carbocycles. The molecule has 106 valence electrons. The summed E-state index contributed by atoms with van der Waals surface area (Å²) < 4.78 is 1.86. The molecule has 5 heteroatoms. The Morgan fingerprint density at radius 2 is 2.10 bits per heavy atom. The number of halogens is 2. The zero-order valence-electron chi connectivity index (χ0n) is 11.0. The van der Waals surface area contributed by atoms with Gasteiger partial charge in [0.05, 0.1) is 17.7 Å². The second-order valence-electron chi connectivity index (χ2n) is 5.50. The number of rotatable bonds is 5. The molecule has 2 aromatic rings. The van der Waals surface area contributed by atoms with Crippen molar-refractivity contribution in [3.8, 4) is 0 Å². The second-order valence-corrected chi connectivity index (χ2v) is 6.63. The number of alkyl halides is 1. The lowest BCUT2D eigenvalue weighted by atomic mass is 9.89.